The SMILES string of the molecule is COc1cccc(OC)c1-n1c(CCC(C)C)nc(O)c(S(=O)(=O)c2ccccc2-c2ccccc2)c1=O. The van der Waals surface area contributed by atoms with Crippen LogP contribution in [-0.4, -0.2) is 37.3 Å². The van der Waals surface area contributed by atoms with Crippen LogP contribution < -0.4 is 15.0 Å². The number of aryl methyl sites for hydroxylation is 1. The van der Waals surface area contributed by atoms with Crippen LogP contribution in [0.25, 0.3) is 16.8 Å². The fourth-order valence-electron chi connectivity index (χ4n) is 4.31. The van der Waals surface area contributed by atoms with Crippen molar-refractivity contribution in [2.75, 3.05) is 14.2 Å². The minimum absolute atomic E-state index is 0.117. The highest BCUT2D eigenvalue weighted by Crippen LogP contribution is 2.36. The van der Waals surface area contributed by atoms with Gasteiger partial charge in [-0.3, -0.25) is 9.36 Å². The molecule has 38 heavy (non-hydrogen) atoms. The van der Waals surface area contributed by atoms with Gasteiger partial charge in [-0.25, -0.2) is 8.42 Å². The standard InChI is InChI=1S/C29H30N2O6S/c1-19(2)17-18-25-30-28(32)27(29(33)31(25)26-22(36-3)14-10-15-23(26)37-4)38(34,35)24-16-9-8-13-21(24)20-11-6-5-7-12-20/h5-16,19,32H,17-18H2,1-4H3. The molecule has 0 amide bonds. The molecule has 0 atom stereocenters. The molecule has 0 saturated carbocycles. The summed E-state index contributed by atoms with van der Waals surface area (Å²) in [4.78, 5) is 17.5. The van der Waals surface area contributed by atoms with Crippen molar-refractivity contribution in [3.8, 4) is 34.2 Å². The summed E-state index contributed by atoms with van der Waals surface area (Å²) in [5, 5.41) is 11.0. The van der Waals surface area contributed by atoms with Gasteiger partial charge in [0.05, 0.1) is 19.1 Å². The Bertz CT molecular complexity index is 1590. The monoisotopic (exact) mass is 534 g/mol. The van der Waals surface area contributed by atoms with E-state index in [1.54, 1.807) is 60.7 Å². The molecule has 1 N–H and O–H groups in total. The molecule has 1 heterocycles. The smallest absolute Gasteiger partial charge is 0.281 e. The number of benzene rings is 3. The van der Waals surface area contributed by atoms with E-state index in [1.165, 1.54) is 24.9 Å². The summed E-state index contributed by atoms with van der Waals surface area (Å²) in [5.41, 5.74) is 0.320. The molecule has 9 heteroatoms. The molecule has 0 unspecified atom stereocenters. The molecule has 0 fully saturated rings. The molecule has 4 aromatic rings. The number of nitrogens with zero attached hydrogens (tertiary/aromatic N) is 2. The van der Waals surface area contributed by atoms with Crippen molar-refractivity contribution in [2.45, 2.75) is 36.5 Å². The molecule has 0 aliphatic heterocycles. The Balaban J connectivity index is 2.05. The summed E-state index contributed by atoms with van der Waals surface area (Å²) in [6.07, 6.45) is 0.953. The van der Waals surface area contributed by atoms with Gasteiger partial charge in [-0.2, -0.15) is 4.98 Å². The van der Waals surface area contributed by atoms with E-state index in [0.717, 1.165) is 0 Å². The van der Waals surface area contributed by atoms with E-state index in [4.69, 9.17) is 9.47 Å². The summed E-state index contributed by atoms with van der Waals surface area (Å²) in [5.74, 6) is 0.194. The van der Waals surface area contributed by atoms with Crippen LogP contribution in [0, 0.1) is 5.92 Å². The van der Waals surface area contributed by atoms with Crippen LogP contribution >= 0.6 is 0 Å². The Labute approximate surface area is 222 Å². The Kier molecular flexibility index (Phi) is 7.87. The minimum Gasteiger partial charge on any atom is -0.494 e. The minimum atomic E-state index is -4.52. The van der Waals surface area contributed by atoms with Gasteiger partial charge in [0.25, 0.3) is 5.56 Å². The third kappa shape index (κ3) is 5.02. The highest BCUT2D eigenvalue weighted by Gasteiger charge is 2.33. The third-order valence-corrected chi connectivity index (χ3v) is 8.02. The van der Waals surface area contributed by atoms with Crippen LogP contribution in [0.15, 0.2) is 87.4 Å². The molecular formula is C29H30N2O6S. The van der Waals surface area contributed by atoms with E-state index in [1.807, 2.05) is 19.9 Å². The Morgan fingerprint density at radius 1 is 0.895 bits per heavy atom. The van der Waals surface area contributed by atoms with Gasteiger partial charge in [0.1, 0.15) is 23.0 Å². The molecule has 0 saturated heterocycles. The van der Waals surface area contributed by atoms with Gasteiger partial charge in [-0.15, -0.1) is 0 Å². The van der Waals surface area contributed by atoms with Crippen LogP contribution in [0.5, 0.6) is 17.4 Å². The van der Waals surface area contributed by atoms with Gasteiger partial charge in [0, 0.05) is 12.0 Å². The summed E-state index contributed by atoms with van der Waals surface area (Å²) < 4.78 is 40.3. The van der Waals surface area contributed by atoms with E-state index in [-0.39, 0.29) is 33.8 Å². The van der Waals surface area contributed by atoms with Crippen molar-refractivity contribution in [3.05, 3.63) is 89.0 Å². The Morgan fingerprint density at radius 3 is 2.11 bits per heavy atom. The molecule has 0 bridgehead atoms. The third-order valence-electron chi connectivity index (χ3n) is 6.19. The van der Waals surface area contributed by atoms with Crippen LogP contribution in [-0.2, 0) is 16.3 Å². The molecule has 0 aliphatic rings. The van der Waals surface area contributed by atoms with E-state index in [2.05, 4.69) is 4.98 Å². The lowest BCUT2D eigenvalue weighted by Crippen LogP contribution is -2.30. The fourth-order valence-corrected chi connectivity index (χ4v) is 5.87. The Morgan fingerprint density at radius 2 is 1.50 bits per heavy atom. The van der Waals surface area contributed by atoms with Crippen molar-refractivity contribution in [1.29, 1.82) is 0 Å². The highest BCUT2D eigenvalue weighted by atomic mass is 32.2. The molecule has 4 rings (SSSR count). The number of hydrogen-bond donors (Lipinski definition) is 1. The van der Waals surface area contributed by atoms with Crippen LogP contribution in [0.2, 0.25) is 0 Å². The Hall–Kier alpha value is -4.11. The maximum atomic E-state index is 14.1. The average molecular weight is 535 g/mol. The van der Waals surface area contributed by atoms with Crippen molar-refractivity contribution >= 4 is 9.84 Å². The first-order valence-corrected chi connectivity index (χ1v) is 13.6. The molecule has 3 aromatic carbocycles. The maximum Gasteiger partial charge on any atom is 0.281 e. The maximum absolute atomic E-state index is 14.1. The first-order valence-electron chi connectivity index (χ1n) is 12.2. The quantitative estimate of drug-likeness (QED) is 0.320. The molecule has 8 nitrogen and oxygen atoms in total. The van der Waals surface area contributed by atoms with Crippen molar-refractivity contribution in [1.82, 2.24) is 9.55 Å². The van der Waals surface area contributed by atoms with Crippen molar-refractivity contribution in [2.24, 2.45) is 5.92 Å². The van der Waals surface area contributed by atoms with Crippen molar-refractivity contribution in [3.63, 3.8) is 0 Å². The molecule has 198 valence electrons. The lowest BCUT2D eigenvalue weighted by atomic mass is 10.1. The molecule has 0 aliphatic carbocycles. The lowest BCUT2D eigenvalue weighted by Gasteiger charge is -2.20. The zero-order chi connectivity index (χ0) is 27.4. The van der Waals surface area contributed by atoms with Gasteiger partial charge < -0.3 is 14.6 Å². The van der Waals surface area contributed by atoms with Crippen molar-refractivity contribution < 1.29 is 23.0 Å². The largest absolute Gasteiger partial charge is 0.494 e. The first kappa shape index (κ1) is 26.9. The fraction of sp³-hybridized carbons (Fsp3) is 0.241. The summed E-state index contributed by atoms with van der Waals surface area (Å²) in [7, 11) is -1.64. The second kappa shape index (κ2) is 11.1. The second-order valence-corrected chi connectivity index (χ2v) is 11.0. The number of methoxy groups -OCH3 is 2. The summed E-state index contributed by atoms with van der Waals surface area (Å²) >= 11 is 0. The van der Waals surface area contributed by atoms with Gasteiger partial charge >= 0.3 is 0 Å². The van der Waals surface area contributed by atoms with Crippen LogP contribution in [0.4, 0.5) is 0 Å². The molecule has 1 aromatic heterocycles. The summed E-state index contributed by atoms with van der Waals surface area (Å²) in [6, 6.07) is 20.3. The van der Waals surface area contributed by atoms with E-state index < -0.39 is 26.2 Å². The number of rotatable bonds is 9. The molecule has 0 spiro atoms. The average Bonchev–Trinajstić information content (AvgIpc) is 2.91. The van der Waals surface area contributed by atoms with Gasteiger partial charge in [-0.1, -0.05) is 68.4 Å². The second-order valence-electron chi connectivity index (χ2n) is 9.13. The van der Waals surface area contributed by atoms with E-state index in [0.29, 0.717) is 24.0 Å². The highest BCUT2D eigenvalue weighted by molar-refractivity contribution is 7.91. The number of para-hydroxylation sites is 1. The van der Waals surface area contributed by atoms with Crippen LogP contribution in [0.1, 0.15) is 26.1 Å². The van der Waals surface area contributed by atoms with Crippen LogP contribution in [0.3, 0.4) is 0 Å². The van der Waals surface area contributed by atoms with Gasteiger partial charge in [-0.05, 0) is 36.1 Å². The number of ether oxygens (including phenoxy) is 2. The topological polar surface area (TPSA) is 108 Å². The number of sulfone groups is 1. The lowest BCUT2D eigenvalue weighted by molar-refractivity contribution is 0.386. The van der Waals surface area contributed by atoms with Gasteiger partial charge in [0.15, 0.2) is 4.90 Å². The molecular weight excluding hydrogens is 504 g/mol. The van der Waals surface area contributed by atoms with E-state index >= 15 is 0 Å². The predicted molar refractivity (Wildman–Crippen MR) is 145 cm³/mol. The number of aromatic hydroxyl groups is 1. The first-order chi connectivity index (χ1) is 18.2. The summed E-state index contributed by atoms with van der Waals surface area (Å²) in [6.45, 7) is 4.04. The molecule has 0 radical (unpaired) electrons. The number of aromatic nitrogens is 2. The zero-order valence-electron chi connectivity index (χ0n) is 21.7. The predicted octanol–water partition coefficient (Wildman–Crippen LogP) is 5.04. The van der Waals surface area contributed by atoms with E-state index in [9.17, 15) is 18.3 Å². The normalized spacial score (nSPS) is 11.5. The van der Waals surface area contributed by atoms with Gasteiger partial charge in [0.2, 0.25) is 15.7 Å². The number of hydrogen-bond acceptors (Lipinski definition) is 7. The zero-order valence-corrected chi connectivity index (χ0v) is 22.5.